The van der Waals surface area contributed by atoms with Crippen molar-refractivity contribution in [2.24, 2.45) is 0 Å². The van der Waals surface area contributed by atoms with Crippen molar-refractivity contribution in [1.82, 2.24) is 4.98 Å². The van der Waals surface area contributed by atoms with Crippen LogP contribution in [0.4, 0.5) is 10.5 Å². The van der Waals surface area contributed by atoms with Crippen LogP contribution in [0.5, 0.6) is 5.75 Å². The summed E-state index contributed by atoms with van der Waals surface area (Å²) >= 11 is 0. The fraction of sp³-hybridized carbons (Fsp3) is 0.263. The van der Waals surface area contributed by atoms with E-state index in [0.29, 0.717) is 11.3 Å². The number of hydrogen-bond acceptors (Lipinski definition) is 7. The molecule has 0 saturated carbocycles. The quantitative estimate of drug-likeness (QED) is 0.704. The van der Waals surface area contributed by atoms with Gasteiger partial charge in [0.2, 0.25) is 0 Å². The van der Waals surface area contributed by atoms with E-state index in [-0.39, 0.29) is 23.7 Å². The van der Waals surface area contributed by atoms with Crippen LogP contribution in [-0.2, 0) is 9.47 Å². The first kappa shape index (κ1) is 19.8. The number of aromatic carboxylic acids is 1. The van der Waals surface area contributed by atoms with Crippen LogP contribution in [0.15, 0.2) is 30.3 Å². The maximum Gasteiger partial charge on any atom is 0.414 e. The number of H-pyrrole nitrogens is 1. The van der Waals surface area contributed by atoms with Crippen molar-refractivity contribution in [2.75, 3.05) is 18.6 Å². The number of aromatic nitrogens is 1. The minimum absolute atomic E-state index is 0.0710. The summed E-state index contributed by atoms with van der Waals surface area (Å²) in [5.74, 6) is -2.13. The number of ether oxygens (including phenoxy) is 3. The number of rotatable bonds is 6. The maximum absolute atomic E-state index is 12.2. The van der Waals surface area contributed by atoms with E-state index in [1.807, 2.05) is 6.07 Å². The molecular weight excluding hydrogens is 382 g/mol. The number of aromatic amines is 1. The molecule has 10 heteroatoms. The van der Waals surface area contributed by atoms with Gasteiger partial charge in [-0.2, -0.15) is 5.26 Å². The van der Waals surface area contributed by atoms with Gasteiger partial charge in [-0.1, -0.05) is 0 Å². The van der Waals surface area contributed by atoms with Gasteiger partial charge < -0.3 is 24.3 Å². The lowest BCUT2D eigenvalue weighted by Crippen LogP contribution is -2.33. The number of benzene rings is 1. The molecule has 2 aromatic rings. The van der Waals surface area contributed by atoms with E-state index in [2.05, 4.69) is 9.72 Å². The molecule has 0 bridgehead atoms. The van der Waals surface area contributed by atoms with Crippen molar-refractivity contribution in [3.8, 4) is 11.8 Å². The Kier molecular flexibility index (Phi) is 5.40. The van der Waals surface area contributed by atoms with Crippen LogP contribution in [0.25, 0.3) is 0 Å². The Hall–Kier alpha value is -4.00. The van der Waals surface area contributed by atoms with E-state index in [4.69, 9.17) is 14.7 Å². The Bertz CT molecular complexity index is 990. The molecule has 1 amide bonds. The molecular formula is C19H17N3O7. The Balaban J connectivity index is 1.74. The fourth-order valence-corrected chi connectivity index (χ4v) is 2.84. The lowest BCUT2D eigenvalue weighted by molar-refractivity contribution is 0.0542. The van der Waals surface area contributed by atoms with Crippen LogP contribution in [0.1, 0.15) is 33.5 Å². The van der Waals surface area contributed by atoms with E-state index in [1.165, 1.54) is 18.1 Å². The van der Waals surface area contributed by atoms with Gasteiger partial charge >= 0.3 is 18.0 Å². The zero-order chi connectivity index (χ0) is 21.1. The average molecular weight is 399 g/mol. The molecule has 2 heterocycles. The number of carboxylic acid groups (broad SMARTS) is 1. The predicted molar refractivity (Wildman–Crippen MR) is 98.0 cm³/mol. The molecule has 0 radical (unpaired) electrons. The van der Waals surface area contributed by atoms with Crippen LogP contribution in [0.3, 0.4) is 0 Å². The third-order valence-corrected chi connectivity index (χ3v) is 4.38. The number of esters is 1. The minimum atomic E-state index is -1.31. The van der Waals surface area contributed by atoms with Gasteiger partial charge in [-0.3, -0.25) is 4.90 Å². The number of cyclic esters (lactones) is 1. The molecule has 2 atom stereocenters. The zero-order valence-electron chi connectivity index (χ0n) is 15.5. The molecule has 1 aliphatic heterocycles. The van der Waals surface area contributed by atoms with Crippen molar-refractivity contribution in [3.05, 3.63) is 47.3 Å². The number of carbonyl (C=O) groups excluding carboxylic acids is 2. The summed E-state index contributed by atoms with van der Waals surface area (Å²) in [6.07, 6.45) is -1.98. The van der Waals surface area contributed by atoms with Crippen molar-refractivity contribution in [1.29, 1.82) is 5.26 Å². The number of nitrogens with one attached hydrogen (secondary N) is 1. The summed E-state index contributed by atoms with van der Waals surface area (Å²) in [5, 5.41) is 18.2. The molecule has 3 rings (SSSR count). The number of carboxylic acids is 1. The van der Waals surface area contributed by atoms with Gasteiger partial charge in [-0.15, -0.1) is 0 Å². The summed E-state index contributed by atoms with van der Waals surface area (Å²) in [7, 11) is 1.17. The molecule has 29 heavy (non-hydrogen) atoms. The summed E-state index contributed by atoms with van der Waals surface area (Å²) in [6.45, 7) is 1.79. The molecule has 10 nitrogen and oxygen atoms in total. The number of methoxy groups -OCH3 is 1. The molecule has 1 saturated heterocycles. The third kappa shape index (κ3) is 3.98. The number of amides is 1. The lowest BCUT2D eigenvalue weighted by atomic mass is 10.2. The number of carbonyl (C=O) groups is 3. The van der Waals surface area contributed by atoms with Gasteiger partial charge in [0.1, 0.15) is 11.8 Å². The molecule has 1 aromatic heterocycles. The monoisotopic (exact) mass is 399 g/mol. The maximum atomic E-state index is 12.2. The predicted octanol–water partition coefficient (Wildman–Crippen LogP) is 2.16. The van der Waals surface area contributed by atoms with Crippen molar-refractivity contribution >= 4 is 23.7 Å². The fourth-order valence-electron chi connectivity index (χ4n) is 2.84. The Morgan fingerprint density at radius 1 is 1.38 bits per heavy atom. The highest BCUT2D eigenvalue weighted by molar-refractivity contribution is 5.94. The van der Waals surface area contributed by atoms with Gasteiger partial charge in [0.15, 0.2) is 17.5 Å². The number of hydrogen-bond donors (Lipinski definition) is 2. The smallest absolute Gasteiger partial charge is 0.414 e. The second-order valence-electron chi connectivity index (χ2n) is 6.23. The Morgan fingerprint density at radius 3 is 2.66 bits per heavy atom. The minimum Gasteiger partial charge on any atom is -0.484 e. The van der Waals surface area contributed by atoms with Crippen molar-refractivity contribution in [3.63, 3.8) is 0 Å². The van der Waals surface area contributed by atoms with Crippen LogP contribution >= 0.6 is 0 Å². The van der Waals surface area contributed by atoms with Crippen molar-refractivity contribution in [2.45, 2.75) is 19.1 Å². The molecule has 0 aliphatic carbocycles. The van der Waals surface area contributed by atoms with E-state index >= 15 is 0 Å². The first-order valence-corrected chi connectivity index (χ1v) is 8.53. The van der Waals surface area contributed by atoms with Crippen molar-refractivity contribution < 1.29 is 33.7 Å². The summed E-state index contributed by atoms with van der Waals surface area (Å²) in [6, 6.07) is 9.66. The van der Waals surface area contributed by atoms with Gasteiger partial charge in [-0.05, 0) is 31.2 Å². The van der Waals surface area contributed by atoms with E-state index in [0.717, 1.165) is 0 Å². The Morgan fingerprint density at radius 2 is 2.07 bits per heavy atom. The number of nitrogens with zero attached hydrogens (tertiary/aromatic N) is 2. The van der Waals surface area contributed by atoms with Gasteiger partial charge in [0.25, 0.3) is 0 Å². The van der Waals surface area contributed by atoms with Gasteiger partial charge in [-0.25, -0.2) is 14.4 Å². The highest BCUT2D eigenvalue weighted by atomic mass is 16.6. The van der Waals surface area contributed by atoms with E-state index < -0.39 is 30.2 Å². The third-order valence-electron chi connectivity index (χ3n) is 4.38. The largest absolute Gasteiger partial charge is 0.484 e. The zero-order valence-corrected chi connectivity index (χ0v) is 15.5. The SMILES string of the molecule is COC(=O)c1cc(OC(C)C2CN(c3ccc(C#N)cc3)C(=O)O2)c(C(=O)O)[nH]1. The molecule has 1 aliphatic rings. The first-order valence-electron chi connectivity index (χ1n) is 8.53. The normalized spacial score (nSPS) is 16.7. The van der Waals surface area contributed by atoms with Crippen LogP contribution < -0.4 is 9.64 Å². The van der Waals surface area contributed by atoms with Crippen LogP contribution in [0, 0.1) is 11.3 Å². The first-order chi connectivity index (χ1) is 13.8. The highest BCUT2D eigenvalue weighted by Gasteiger charge is 2.37. The summed E-state index contributed by atoms with van der Waals surface area (Å²) in [5.41, 5.74) is 0.634. The lowest BCUT2D eigenvalue weighted by Gasteiger charge is -2.19. The van der Waals surface area contributed by atoms with Crippen LogP contribution in [-0.4, -0.2) is 54.0 Å². The molecule has 0 spiro atoms. The molecule has 2 unspecified atom stereocenters. The molecule has 1 aromatic carbocycles. The van der Waals surface area contributed by atoms with Gasteiger partial charge in [0.05, 0.1) is 25.3 Å². The van der Waals surface area contributed by atoms with Crippen LogP contribution in [0.2, 0.25) is 0 Å². The van der Waals surface area contributed by atoms with E-state index in [1.54, 1.807) is 31.2 Å². The Labute approximate surface area is 165 Å². The van der Waals surface area contributed by atoms with E-state index in [9.17, 15) is 19.5 Å². The standard InChI is InChI=1S/C19H17N3O7/c1-10(28-14-7-13(18(25)27-2)21-16(14)17(23)24)15-9-22(19(26)29-15)12-5-3-11(8-20)4-6-12/h3-7,10,15,21H,9H2,1-2H3,(H,23,24). The number of nitriles is 1. The highest BCUT2D eigenvalue weighted by Crippen LogP contribution is 2.27. The molecule has 2 N–H and O–H groups in total. The summed E-state index contributed by atoms with van der Waals surface area (Å²) in [4.78, 5) is 39.1. The molecule has 150 valence electrons. The van der Waals surface area contributed by atoms with Gasteiger partial charge in [0, 0.05) is 11.8 Å². The molecule has 1 fully saturated rings. The topological polar surface area (TPSA) is 142 Å². The number of anilines is 1. The second-order valence-corrected chi connectivity index (χ2v) is 6.23. The average Bonchev–Trinajstić information content (AvgIpc) is 3.31. The summed E-state index contributed by atoms with van der Waals surface area (Å²) < 4.78 is 15.6. The second kappa shape index (κ2) is 7.93.